The number of benzene rings is 1. The van der Waals surface area contributed by atoms with Crippen molar-refractivity contribution in [3.8, 4) is 11.5 Å². The van der Waals surface area contributed by atoms with Crippen molar-refractivity contribution < 1.29 is 9.53 Å². The van der Waals surface area contributed by atoms with Gasteiger partial charge in [-0.3, -0.25) is 4.79 Å². The largest absolute Gasteiger partial charge is 0.377 e. The Balaban J connectivity index is 1.56. The summed E-state index contributed by atoms with van der Waals surface area (Å²) < 4.78 is 7.91. The predicted octanol–water partition coefficient (Wildman–Crippen LogP) is 2.86. The highest BCUT2D eigenvalue weighted by Crippen LogP contribution is 2.36. The molecule has 0 saturated carbocycles. The molecule has 0 unspecified atom stereocenters. The molecule has 2 aromatic heterocycles. The van der Waals surface area contributed by atoms with E-state index < -0.39 is 0 Å². The van der Waals surface area contributed by atoms with Crippen molar-refractivity contribution in [1.29, 1.82) is 0 Å². The Kier molecular flexibility index (Phi) is 4.20. The molecule has 0 N–H and O–H groups in total. The molecule has 2 atom stereocenters. The summed E-state index contributed by atoms with van der Waals surface area (Å²) in [5, 5.41) is 8.87. The number of aryl methyl sites for hydroxylation is 2. The number of carbonyl (C=O) groups excluding carboxylic acids is 1. The average molecular weight is 389 g/mol. The molecule has 1 amide bonds. The van der Waals surface area contributed by atoms with Crippen molar-refractivity contribution in [3.05, 3.63) is 64.6 Å². The molecule has 2 aliphatic heterocycles. The first kappa shape index (κ1) is 18.0. The number of hydrogen-bond acceptors (Lipinski definition) is 5. The van der Waals surface area contributed by atoms with Gasteiger partial charge in [-0.15, -0.1) is 10.2 Å². The van der Waals surface area contributed by atoms with Crippen molar-refractivity contribution in [2.75, 3.05) is 13.2 Å². The minimum atomic E-state index is -0.249. The van der Waals surface area contributed by atoms with Crippen molar-refractivity contribution in [3.63, 3.8) is 0 Å². The lowest BCUT2D eigenvalue weighted by atomic mass is 9.98. The minimum Gasteiger partial charge on any atom is -0.377 e. The van der Waals surface area contributed by atoms with E-state index in [4.69, 9.17) is 4.74 Å². The van der Waals surface area contributed by atoms with Crippen LogP contribution in [0.2, 0.25) is 0 Å². The summed E-state index contributed by atoms with van der Waals surface area (Å²) in [5.74, 6) is 1.55. The van der Waals surface area contributed by atoms with E-state index in [1.165, 1.54) is 0 Å². The molecule has 1 saturated heterocycles. The predicted molar refractivity (Wildman–Crippen MR) is 107 cm³/mol. The van der Waals surface area contributed by atoms with Gasteiger partial charge in [-0.2, -0.15) is 0 Å². The van der Waals surface area contributed by atoms with Gasteiger partial charge in [0.2, 0.25) is 0 Å². The van der Waals surface area contributed by atoms with Gasteiger partial charge in [-0.25, -0.2) is 4.98 Å². The molecular formula is C22H23N5O2. The molecule has 0 radical (unpaired) electrons. The summed E-state index contributed by atoms with van der Waals surface area (Å²) in [4.78, 5) is 20.1. The molecule has 3 aromatic rings. The van der Waals surface area contributed by atoms with Crippen LogP contribution in [0.15, 0.2) is 36.4 Å². The molecule has 2 bridgehead atoms. The van der Waals surface area contributed by atoms with Crippen molar-refractivity contribution in [2.24, 2.45) is 0 Å². The Morgan fingerprint density at radius 3 is 2.72 bits per heavy atom. The molecule has 148 valence electrons. The number of fused-ring (bicyclic) bond motifs is 4. The Bertz CT molecular complexity index is 1110. The van der Waals surface area contributed by atoms with Crippen LogP contribution in [0.3, 0.4) is 0 Å². The fourth-order valence-corrected chi connectivity index (χ4v) is 4.31. The van der Waals surface area contributed by atoms with Crippen LogP contribution < -0.4 is 0 Å². The molecule has 5 rings (SSSR count). The van der Waals surface area contributed by atoms with E-state index in [1.54, 1.807) is 0 Å². The van der Waals surface area contributed by atoms with Crippen LogP contribution in [0.1, 0.15) is 39.0 Å². The Hall–Kier alpha value is -3.06. The molecule has 2 aliphatic rings. The molecule has 0 spiro atoms. The van der Waals surface area contributed by atoms with Gasteiger partial charge in [0.25, 0.3) is 5.91 Å². The monoisotopic (exact) mass is 389 g/mol. The van der Waals surface area contributed by atoms with E-state index in [-0.39, 0.29) is 18.0 Å². The molecule has 0 aliphatic carbocycles. The fraction of sp³-hybridized carbons (Fsp3) is 0.364. The number of ether oxygens (including phenoxy) is 1. The number of hydrogen-bond donors (Lipinski definition) is 0. The lowest BCUT2D eigenvalue weighted by Crippen LogP contribution is -2.56. The SMILES string of the molecule is Cc1cccc(-c2nnc3n2C[C@@H]2COC[C@H]3N2C(=O)c2cccc(C)c2C)n1. The van der Waals surface area contributed by atoms with Crippen molar-refractivity contribution >= 4 is 5.91 Å². The highest BCUT2D eigenvalue weighted by Gasteiger charge is 2.44. The second kappa shape index (κ2) is 6.77. The van der Waals surface area contributed by atoms with Crippen LogP contribution >= 0.6 is 0 Å². The summed E-state index contributed by atoms with van der Waals surface area (Å²) in [6.07, 6.45) is 0. The number of amides is 1. The number of aromatic nitrogens is 4. The van der Waals surface area contributed by atoms with Crippen LogP contribution in [0.25, 0.3) is 11.5 Å². The van der Waals surface area contributed by atoms with Gasteiger partial charge in [-0.1, -0.05) is 18.2 Å². The summed E-state index contributed by atoms with van der Waals surface area (Å²) in [7, 11) is 0. The average Bonchev–Trinajstić information content (AvgIpc) is 3.12. The van der Waals surface area contributed by atoms with E-state index in [2.05, 4.69) is 19.7 Å². The summed E-state index contributed by atoms with van der Waals surface area (Å²) >= 11 is 0. The van der Waals surface area contributed by atoms with E-state index >= 15 is 0 Å². The number of morpholine rings is 1. The molecule has 1 aromatic carbocycles. The lowest BCUT2D eigenvalue weighted by Gasteiger charge is -2.45. The van der Waals surface area contributed by atoms with E-state index in [0.717, 1.165) is 39.7 Å². The normalized spacial score (nSPS) is 20.4. The first-order valence-electron chi connectivity index (χ1n) is 9.88. The van der Waals surface area contributed by atoms with Crippen molar-refractivity contribution in [2.45, 2.75) is 39.4 Å². The zero-order chi connectivity index (χ0) is 20.1. The minimum absolute atomic E-state index is 0.0361. The maximum Gasteiger partial charge on any atom is 0.255 e. The number of pyridine rings is 1. The van der Waals surface area contributed by atoms with Crippen LogP contribution in [-0.2, 0) is 11.3 Å². The quantitative estimate of drug-likeness (QED) is 0.674. The third kappa shape index (κ3) is 2.84. The lowest BCUT2D eigenvalue weighted by molar-refractivity contribution is -0.0569. The first-order chi connectivity index (χ1) is 14.0. The molecule has 7 heteroatoms. The third-order valence-electron chi connectivity index (χ3n) is 5.97. The topological polar surface area (TPSA) is 73.1 Å². The van der Waals surface area contributed by atoms with E-state index in [0.29, 0.717) is 19.8 Å². The molecular weight excluding hydrogens is 366 g/mol. The zero-order valence-corrected chi connectivity index (χ0v) is 16.8. The van der Waals surface area contributed by atoms with Crippen LogP contribution in [0, 0.1) is 20.8 Å². The van der Waals surface area contributed by atoms with Gasteiger partial charge in [0.15, 0.2) is 11.6 Å². The van der Waals surface area contributed by atoms with E-state index in [1.807, 2.05) is 62.1 Å². The zero-order valence-electron chi connectivity index (χ0n) is 16.8. The van der Waals surface area contributed by atoms with E-state index in [9.17, 15) is 4.79 Å². The fourth-order valence-electron chi connectivity index (χ4n) is 4.31. The second-order valence-corrected chi connectivity index (χ2v) is 7.82. The summed E-state index contributed by atoms with van der Waals surface area (Å²) in [6.45, 7) is 7.52. The van der Waals surface area contributed by atoms with Gasteiger partial charge >= 0.3 is 0 Å². The Labute approximate surface area is 169 Å². The molecule has 4 heterocycles. The second-order valence-electron chi connectivity index (χ2n) is 7.82. The molecule has 1 fully saturated rings. The van der Waals surface area contributed by atoms with Crippen LogP contribution in [-0.4, -0.2) is 49.8 Å². The Morgan fingerprint density at radius 2 is 1.90 bits per heavy atom. The number of carbonyl (C=O) groups is 1. The number of nitrogens with zero attached hydrogens (tertiary/aromatic N) is 5. The first-order valence-corrected chi connectivity index (χ1v) is 9.88. The third-order valence-corrected chi connectivity index (χ3v) is 5.97. The summed E-state index contributed by atoms with van der Waals surface area (Å²) in [5.41, 5.74) is 4.62. The maximum atomic E-state index is 13.5. The van der Waals surface area contributed by atoms with Crippen molar-refractivity contribution in [1.82, 2.24) is 24.6 Å². The smallest absolute Gasteiger partial charge is 0.255 e. The molecule has 29 heavy (non-hydrogen) atoms. The van der Waals surface area contributed by atoms with Gasteiger partial charge in [0.1, 0.15) is 11.7 Å². The van der Waals surface area contributed by atoms with Crippen LogP contribution in [0.5, 0.6) is 0 Å². The highest BCUT2D eigenvalue weighted by atomic mass is 16.5. The van der Waals surface area contributed by atoms with Gasteiger partial charge < -0.3 is 14.2 Å². The molecule has 7 nitrogen and oxygen atoms in total. The van der Waals surface area contributed by atoms with Crippen LogP contribution in [0.4, 0.5) is 0 Å². The standard InChI is InChI=1S/C22H23N5O2/c1-13-6-4-8-17(15(13)3)22(28)27-16-10-26-20(18-9-5-7-14(2)23-18)24-25-21(26)19(27)12-29-11-16/h4-9,16,19H,10-12H2,1-3H3/t16-,19-/m1/s1. The number of rotatable bonds is 2. The maximum absolute atomic E-state index is 13.5. The Morgan fingerprint density at radius 1 is 1.07 bits per heavy atom. The van der Waals surface area contributed by atoms with Gasteiger partial charge in [0.05, 0.1) is 19.3 Å². The highest BCUT2D eigenvalue weighted by molar-refractivity contribution is 5.96. The summed E-state index contributed by atoms with van der Waals surface area (Å²) in [6, 6.07) is 11.5. The van der Waals surface area contributed by atoms with Gasteiger partial charge in [0, 0.05) is 17.8 Å². The van der Waals surface area contributed by atoms with Gasteiger partial charge in [-0.05, 0) is 50.1 Å².